The molecule has 4 aromatic carbocycles. The lowest BCUT2D eigenvalue weighted by Crippen LogP contribution is -2.16. The van der Waals surface area contributed by atoms with Gasteiger partial charge in [-0.15, -0.1) is 0 Å². The molecular weight excluding hydrogens is 510 g/mol. The van der Waals surface area contributed by atoms with E-state index in [1.165, 1.54) is 7.11 Å². The van der Waals surface area contributed by atoms with Crippen molar-refractivity contribution in [1.29, 1.82) is 0 Å². The number of aldehydes is 1. The Balaban J connectivity index is 1.57. The highest BCUT2D eigenvalue weighted by atomic mass is 35.5. The van der Waals surface area contributed by atoms with Crippen LogP contribution >= 0.6 is 11.6 Å². The second kappa shape index (κ2) is 12.0. The second-order valence-corrected chi connectivity index (χ2v) is 9.60. The molecule has 0 fully saturated rings. The summed E-state index contributed by atoms with van der Waals surface area (Å²) >= 11 is 6.48. The van der Waals surface area contributed by atoms with Gasteiger partial charge in [0.2, 0.25) is 0 Å². The standard InChI is InChI=1S/C33H28ClNO4/c1-38-33(37)25-12-15-27(16-13-25)39-21-19-28-29-22-26(34)14-17-30(29)35(31(28)18-20-36)32(23-8-4-2-5-9-23)24-10-6-3-7-11-24/h2-17,20,22,32H,18-19,21H2,1H3. The van der Waals surface area contributed by atoms with Crippen molar-refractivity contribution in [3.8, 4) is 5.75 Å². The molecule has 0 N–H and O–H groups in total. The van der Waals surface area contributed by atoms with Crippen molar-refractivity contribution in [3.63, 3.8) is 0 Å². The van der Waals surface area contributed by atoms with Gasteiger partial charge in [-0.05, 0) is 59.2 Å². The van der Waals surface area contributed by atoms with Gasteiger partial charge in [-0.2, -0.15) is 0 Å². The number of ether oxygens (including phenoxy) is 2. The summed E-state index contributed by atoms with van der Waals surface area (Å²) in [5, 5.41) is 1.63. The number of rotatable bonds is 10. The molecule has 0 unspecified atom stereocenters. The molecule has 1 aromatic heterocycles. The fourth-order valence-electron chi connectivity index (χ4n) is 5.12. The van der Waals surface area contributed by atoms with Gasteiger partial charge in [0.25, 0.3) is 0 Å². The zero-order chi connectivity index (χ0) is 27.2. The summed E-state index contributed by atoms with van der Waals surface area (Å²) in [7, 11) is 1.35. The summed E-state index contributed by atoms with van der Waals surface area (Å²) in [6.07, 6.45) is 1.78. The monoisotopic (exact) mass is 537 g/mol. The van der Waals surface area contributed by atoms with Gasteiger partial charge in [0.05, 0.1) is 25.3 Å². The third kappa shape index (κ3) is 5.59. The molecule has 196 valence electrons. The number of benzene rings is 4. The van der Waals surface area contributed by atoms with E-state index in [0.29, 0.717) is 29.4 Å². The Morgan fingerprint density at radius 3 is 2.13 bits per heavy atom. The first-order chi connectivity index (χ1) is 19.1. The van der Waals surface area contributed by atoms with Crippen LogP contribution in [0.15, 0.2) is 103 Å². The molecule has 5 rings (SSSR count). The summed E-state index contributed by atoms with van der Waals surface area (Å²) in [4.78, 5) is 23.7. The van der Waals surface area contributed by atoms with Crippen molar-refractivity contribution in [2.75, 3.05) is 13.7 Å². The van der Waals surface area contributed by atoms with Gasteiger partial charge in [-0.1, -0.05) is 72.3 Å². The van der Waals surface area contributed by atoms with E-state index in [2.05, 4.69) is 28.8 Å². The first kappa shape index (κ1) is 26.3. The fraction of sp³-hybridized carbons (Fsp3) is 0.152. The number of hydrogen-bond donors (Lipinski definition) is 0. The van der Waals surface area contributed by atoms with Gasteiger partial charge in [-0.25, -0.2) is 4.79 Å². The van der Waals surface area contributed by atoms with E-state index in [0.717, 1.165) is 39.6 Å². The highest BCUT2D eigenvalue weighted by Gasteiger charge is 2.25. The predicted molar refractivity (Wildman–Crippen MR) is 154 cm³/mol. The molecule has 0 aliphatic rings. The molecule has 0 atom stereocenters. The van der Waals surface area contributed by atoms with Crippen LogP contribution in [0, 0.1) is 0 Å². The van der Waals surface area contributed by atoms with Crippen LogP contribution in [0.25, 0.3) is 10.9 Å². The molecule has 0 aliphatic heterocycles. The van der Waals surface area contributed by atoms with Crippen LogP contribution in [0.1, 0.15) is 38.8 Å². The van der Waals surface area contributed by atoms with Crippen LogP contribution in [0.2, 0.25) is 5.02 Å². The third-order valence-corrected chi connectivity index (χ3v) is 7.08. The molecular formula is C33H28ClNO4. The number of halogens is 1. The Hall–Kier alpha value is -4.35. The maximum absolute atomic E-state index is 12.0. The van der Waals surface area contributed by atoms with Crippen LogP contribution in [-0.4, -0.2) is 30.5 Å². The summed E-state index contributed by atoms with van der Waals surface area (Å²) in [6, 6.07) is 33.2. The quantitative estimate of drug-likeness (QED) is 0.141. The Kier molecular flexibility index (Phi) is 8.09. The SMILES string of the molecule is COC(=O)c1ccc(OCCc2c(CC=O)n(C(c3ccccc3)c3ccccc3)c3ccc(Cl)cc23)cc1. The minimum Gasteiger partial charge on any atom is -0.493 e. The van der Waals surface area contributed by atoms with Crippen LogP contribution in [0.4, 0.5) is 0 Å². The maximum Gasteiger partial charge on any atom is 0.337 e. The van der Waals surface area contributed by atoms with E-state index in [-0.39, 0.29) is 12.5 Å². The highest BCUT2D eigenvalue weighted by Crippen LogP contribution is 2.37. The fourth-order valence-corrected chi connectivity index (χ4v) is 5.29. The van der Waals surface area contributed by atoms with Gasteiger partial charge in [-0.3, -0.25) is 0 Å². The Morgan fingerprint density at radius 1 is 0.897 bits per heavy atom. The van der Waals surface area contributed by atoms with E-state index < -0.39 is 5.97 Å². The number of carbonyl (C=O) groups is 2. The van der Waals surface area contributed by atoms with Crippen LogP contribution < -0.4 is 4.74 Å². The number of methoxy groups -OCH3 is 1. The van der Waals surface area contributed by atoms with Crippen molar-refractivity contribution in [1.82, 2.24) is 4.57 Å². The first-order valence-electron chi connectivity index (χ1n) is 12.8. The lowest BCUT2D eigenvalue weighted by Gasteiger charge is -2.24. The molecule has 5 nitrogen and oxygen atoms in total. The van der Waals surface area contributed by atoms with Crippen LogP contribution in [0.5, 0.6) is 5.75 Å². The van der Waals surface area contributed by atoms with Crippen molar-refractivity contribution in [3.05, 3.63) is 136 Å². The van der Waals surface area contributed by atoms with Crippen LogP contribution in [-0.2, 0) is 22.4 Å². The topological polar surface area (TPSA) is 57.5 Å². The summed E-state index contributed by atoms with van der Waals surface area (Å²) in [5.41, 5.74) is 5.68. The lowest BCUT2D eigenvalue weighted by molar-refractivity contribution is -0.107. The molecule has 1 heterocycles. The average Bonchev–Trinajstić information content (AvgIpc) is 3.26. The number of fused-ring (bicyclic) bond motifs is 1. The van der Waals surface area contributed by atoms with Gasteiger partial charge in [0.15, 0.2) is 0 Å². The molecule has 5 aromatic rings. The van der Waals surface area contributed by atoms with E-state index in [9.17, 15) is 9.59 Å². The number of hydrogen-bond acceptors (Lipinski definition) is 4. The molecule has 0 saturated heterocycles. The minimum absolute atomic E-state index is 0.133. The summed E-state index contributed by atoms with van der Waals surface area (Å²) in [6.45, 7) is 0.385. The molecule has 0 saturated carbocycles. The first-order valence-corrected chi connectivity index (χ1v) is 13.1. The predicted octanol–water partition coefficient (Wildman–Crippen LogP) is 7.08. The summed E-state index contributed by atoms with van der Waals surface area (Å²) < 4.78 is 13.1. The van der Waals surface area contributed by atoms with E-state index in [4.69, 9.17) is 21.1 Å². The van der Waals surface area contributed by atoms with Gasteiger partial charge in [0, 0.05) is 34.5 Å². The van der Waals surface area contributed by atoms with E-state index >= 15 is 0 Å². The highest BCUT2D eigenvalue weighted by molar-refractivity contribution is 6.31. The molecule has 6 heteroatoms. The van der Waals surface area contributed by atoms with Crippen molar-refractivity contribution < 1.29 is 19.1 Å². The number of aromatic nitrogens is 1. The zero-order valence-corrected chi connectivity index (χ0v) is 22.3. The molecule has 0 bridgehead atoms. The molecule has 39 heavy (non-hydrogen) atoms. The Morgan fingerprint density at radius 2 is 1.54 bits per heavy atom. The molecule has 0 radical (unpaired) electrons. The van der Waals surface area contributed by atoms with Crippen LogP contribution in [0.3, 0.4) is 0 Å². The van der Waals surface area contributed by atoms with Crippen molar-refractivity contribution >= 4 is 34.8 Å². The van der Waals surface area contributed by atoms with Gasteiger partial charge in [0.1, 0.15) is 12.0 Å². The third-order valence-electron chi connectivity index (χ3n) is 6.84. The Labute approximate surface area is 232 Å². The normalized spacial score (nSPS) is 11.1. The number of nitrogens with zero attached hydrogens (tertiary/aromatic N) is 1. The molecule has 0 spiro atoms. The van der Waals surface area contributed by atoms with Crippen molar-refractivity contribution in [2.24, 2.45) is 0 Å². The van der Waals surface area contributed by atoms with Gasteiger partial charge < -0.3 is 18.8 Å². The van der Waals surface area contributed by atoms with E-state index in [1.807, 2.05) is 54.6 Å². The average molecular weight is 538 g/mol. The number of carbonyl (C=O) groups excluding carboxylic acids is 2. The molecule has 0 amide bonds. The minimum atomic E-state index is -0.392. The molecule has 0 aliphatic carbocycles. The van der Waals surface area contributed by atoms with Crippen molar-refractivity contribution in [2.45, 2.75) is 18.9 Å². The van der Waals surface area contributed by atoms with Gasteiger partial charge >= 0.3 is 5.97 Å². The zero-order valence-electron chi connectivity index (χ0n) is 21.5. The maximum atomic E-state index is 12.0. The summed E-state index contributed by atoms with van der Waals surface area (Å²) in [5.74, 6) is 0.254. The lowest BCUT2D eigenvalue weighted by atomic mass is 9.97. The smallest absolute Gasteiger partial charge is 0.337 e. The second-order valence-electron chi connectivity index (χ2n) is 9.17. The number of esters is 1. The largest absolute Gasteiger partial charge is 0.493 e. The Bertz CT molecular complexity index is 1540. The van der Waals surface area contributed by atoms with E-state index in [1.54, 1.807) is 24.3 Å².